The van der Waals surface area contributed by atoms with Crippen LogP contribution in [-0.4, -0.2) is 12.9 Å². The maximum atomic E-state index is 11.9. The quantitative estimate of drug-likeness (QED) is 0.757. The molecule has 0 amide bonds. The maximum absolute atomic E-state index is 11.9. The number of hydrogen-bond acceptors (Lipinski definition) is 3. The lowest BCUT2D eigenvalue weighted by atomic mass is 10.1. The van der Waals surface area contributed by atoms with Crippen molar-refractivity contribution in [3.05, 3.63) is 52.2 Å². The molecule has 0 spiro atoms. The Bertz CT molecular complexity index is 474. The Hall–Kier alpha value is -1.61. The van der Waals surface area contributed by atoms with E-state index in [4.69, 9.17) is 4.74 Å². The first kappa shape index (κ1) is 10.9. The van der Waals surface area contributed by atoms with Crippen LogP contribution in [0, 0.1) is 0 Å². The molecule has 0 bridgehead atoms. The van der Waals surface area contributed by atoms with Gasteiger partial charge in [-0.3, -0.25) is 4.79 Å². The Balaban J connectivity index is 2.18. The summed E-state index contributed by atoms with van der Waals surface area (Å²) in [6.07, 6.45) is 0.393. The largest absolute Gasteiger partial charge is 0.496 e. The number of rotatable bonds is 4. The summed E-state index contributed by atoms with van der Waals surface area (Å²) in [4.78, 5) is 12.7. The summed E-state index contributed by atoms with van der Waals surface area (Å²) in [6.45, 7) is 0. The van der Waals surface area contributed by atoms with Gasteiger partial charge in [-0.25, -0.2) is 0 Å². The van der Waals surface area contributed by atoms with E-state index in [2.05, 4.69) is 0 Å². The van der Waals surface area contributed by atoms with Crippen molar-refractivity contribution in [2.24, 2.45) is 0 Å². The molecular formula is C13H12O2S. The monoisotopic (exact) mass is 232 g/mol. The minimum Gasteiger partial charge on any atom is -0.496 e. The van der Waals surface area contributed by atoms with Crippen LogP contribution in [0.3, 0.4) is 0 Å². The van der Waals surface area contributed by atoms with E-state index < -0.39 is 0 Å². The molecule has 0 N–H and O–H groups in total. The van der Waals surface area contributed by atoms with E-state index in [9.17, 15) is 4.79 Å². The second-order valence-electron chi connectivity index (χ2n) is 3.39. The predicted octanol–water partition coefficient (Wildman–Crippen LogP) is 3.18. The summed E-state index contributed by atoms with van der Waals surface area (Å²) < 4.78 is 5.21. The molecular weight excluding hydrogens is 220 g/mol. The van der Waals surface area contributed by atoms with Gasteiger partial charge in [0, 0.05) is 12.0 Å². The first-order valence-electron chi connectivity index (χ1n) is 5.00. The number of ketones is 1. The zero-order chi connectivity index (χ0) is 11.4. The van der Waals surface area contributed by atoms with Crippen molar-refractivity contribution in [3.63, 3.8) is 0 Å². The second kappa shape index (κ2) is 4.94. The molecule has 1 aromatic carbocycles. The van der Waals surface area contributed by atoms with Crippen LogP contribution in [0.4, 0.5) is 0 Å². The van der Waals surface area contributed by atoms with Gasteiger partial charge in [0.25, 0.3) is 0 Å². The SMILES string of the molecule is COc1ccccc1CC(=O)c1cccs1. The van der Waals surface area contributed by atoms with Crippen LogP contribution in [0.2, 0.25) is 0 Å². The topological polar surface area (TPSA) is 26.3 Å². The number of thiophene rings is 1. The molecule has 0 fully saturated rings. The molecule has 2 aromatic rings. The van der Waals surface area contributed by atoms with Crippen LogP contribution in [0.1, 0.15) is 15.2 Å². The Labute approximate surface area is 98.5 Å². The predicted molar refractivity (Wildman–Crippen MR) is 65.3 cm³/mol. The fourth-order valence-electron chi connectivity index (χ4n) is 1.55. The van der Waals surface area contributed by atoms with Crippen LogP contribution in [0.25, 0.3) is 0 Å². The van der Waals surface area contributed by atoms with Gasteiger partial charge in [-0.15, -0.1) is 11.3 Å². The third-order valence-corrected chi connectivity index (χ3v) is 3.25. The van der Waals surface area contributed by atoms with Crippen LogP contribution in [0.5, 0.6) is 5.75 Å². The molecule has 82 valence electrons. The lowest BCUT2D eigenvalue weighted by Crippen LogP contribution is -2.02. The molecule has 2 nitrogen and oxygen atoms in total. The number of carbonyl (C=O) groups is 1. The van der Waals surface area contributed by atoms with Gasteiger partial charge in [-0.05, 0) is 17.5 Å². The minimum atomic E-state index is 0.138. The van der Waals surface area contributed by atoms with Gasteiger partial charge in [0.05, 0.1) is 12.0 Å². The molecule has 1 aromatic heterocycles. The van der Waals surface area contributed by atoms with Crippen molar-refractivity contribution in [1.82, 2.24) is 0 Å². The number of carbonyl (C=O) groups excluding carboxylic acids is 1. The normalized spacial score (nSPS) is 10.1. The summed E-state index contributed by atoms with van der Waals surface area (Å²) in [5.41, 5.74) is 0.934. The van der Waals surface area contributed by atoms with E-state index in [1.165, 1.54) is 11.3 Å². The number of hydrogen-bond donors (Lipinski definition) is 0. The summed E-state index contributed by atoms with van der Waals surface area (Å²) in [5, 5.41) is 1.91. The first-order chi connectivity index (χ1) is 7.81. The Kier molecular flexibility index (Phi) is 3.37. The first-order valence-corrected chi connectivity index (χ1v) is 5.88. The van der Waals surface area contributed by atoms with Crippen molar-refractivity contribution in [1.29, 1.82) is 0 Å². The van der Waals surface area contributed by atoms with Gasteiger partial charge < -0.3 is 4.74 Å². The van der Waals surface area contributed by atoms with Crippen LogP contribution < -0.4 is 4.74 Å². The van der Waals surface area contributed by atoms with Crippen molar-refractivity contribution in [2.45, 2.75) is 6.42 Å². The average molecular weight is 232 g/mol. The third kappa shape index (κ3) is 2.31. The average Bonchev–Trinajstić information content (AvgIpc) is 2.83. The standard InChI is InChI=1S/C13H12O2S/c1-15-12-6-3-2-5-10(12)9-11(14)13-7-4-8-16-13/h2-8H,9H2,1H3. The number of benzene rings is 1. The fourth-order valence-corrected chi connectivity index (χ4v) is 2.21. The Morgan fingerprint density at radius 3 is 2.75 bits per heavy atom. The zero-order valence-corrected chi connectivity index (χ0v) is 9.79. The van der Waals surface area contributed by atoms with Crippen molar-refractivity contribution < 1.29 is 9.53 Å². The molecule has 0 radical (unpaired) electrons. The third-order valence-electron chi connectivity index (χ3n) is 2.34. The highest BCUT2D eigenvalue weighted by Gasteiger charge is 2.10. The lowest BCUT2D eigenvalue weighted by Gasteiger charge is -2.06. The smallest absolute Gasteiger partial charge is 0.177 e. The van der Waals surface area contributed by atoms with Crippen LogP contribution >= 0.6 is 11.3 Å². The van der Waals surface area contributed by atoms with Gasteiger partial charge in [0.2, 0.25) is 0 Å². The molecule has 0 aliphatic carbocycles. The van der Waals surface area contributed by atoms with E-state index in [0.29, 0.717) is 6.42 Å². The number of para-hydroxylation sites is 1. The maximum Gasteiger partial charge on any atom is 0.177 e. The molecule has 3 heteroatoms. The van der Waals surface area contributed by atoms with E-state index >= 15 is 0 Å². The molecule has 0 atom stereocenters. The molecule has 0 unspecified atom stereocenters. The lowest BCUT2D eigenvalue weighted by molar-refractivity contribution is 0.0996. The van der Waals surface area contributed by atoms with E-state index in [1.807, 2.05) is 41.8 Å². The van der Waals surface area contributed by atoms with Gasteiger partial charge in [-0.1, -0.05) is 24.3 Å². The Morgan fingerprint density at radius 1 is 1.25 bits per heavy atom. The molecule has 16 heavy (non-hydrogen) atoms. The minimum absolute atomic E-state index is 0.138. The number of ether oxygens (including phenoxy) is 1. The summed E-state index contributed by atoms with van der Waals surface area (Å²) in [7, 11) is 1.62. The summed E-state index contributed by atoms with van der Waals surface area (Å²) in [5.74, 6) is 0.909. The van der Waals surface area contributed by atoms with E-state index in [-0.39, 0.29) is 5.78 Å². The molecule has 0 aliphatic rings. The van der Waals surface area contributed by atoms with Gasteiger partial charge in [-0.2, -0.15) is 0 Å². The molecule has 0 saturated carbocycles. The summed E-state index contributed by atoms with van der Waals surface area (Å²) in [6, 6.07) is 11.3. The highest BCUT2D eigenvalue weighted by atomic mass is 32.1. The van der Waals surface area contributed by atoms with Crippen LogP contribution in [0.15, 0.2) is 41.8 Å². The van der Waals surface area contributed by atoms with Gasteiger partial charge >= 0.3 is 0 Å². The molecule has 0 saturated heterocycles. The summed E-state index contributed by atoms with van der Waals surface area (Å²) >= 11 is 1.47. The van der Waals surface area contributed by atoms with Crippen LogP contribution in [-0.2, 0) is 6.42 Å². The highest BCUT2D eigenvalue weighted by molar-refractivity contribution is 7.12. The molecule has 2 rings (SSSR count). The highest BCUT2D eigenvalue weighted by Crippen LogP contribution is 2.20. The number of Topliss-reactive ketones (excluding diaryl/α,β-unsaturated/α-hetero) is 1. The molecule has 0 aliphatic heterocycles. The fraction of sp³-hybridized carbons (Fsp3) is 0.154. The van der Waals surface area contributed by atoms with Crippen molar-refractivity contribution >= 4 is 17.1 Å². The molecule has 1 heterocycles. The van der Waals surface area contributed by atoms with Crippen molar-refractivity contribution in [2.75, 3.05) is 7.11 Å². The number of methoxy groups -OCH3 is 1. The Morgan fingerprint density at radius 2 is 2.06 bits per heavy atom. The van der Waals surface area contributed by atoms with Gasteiger partial charge in [0.15, 0.2) is 5.78 Å². The zero-order valence-electron chi connectivity index (χ0n) is 8.97. The van der Waals surface area contributed by atoms with Crippen molar-refractivity contribution in [3.8, 4) is 5.75 Å². The van der Waals surface area contributed by atoms with Gasteiger partial charge in [0.1, 0.15) is 5.75 Å². The second-order valence-corrected chi connectivity index (χ2v) is 4.34. The van der Waals surface area contributed by atoms with E-state index in [1.54, 1.807) is 7.11 Å². The van der Waals surface area contributed by atoms with E-state index in [0.717, 1.165) is 16.2 Å².